The Bertz CT molecular complexity index is 870. The summed E-state index contributed by atoms with van der Waals surface area (Å²) in [4.78, 5) is 12.0. The lowest BCUT2D eigenvalue weighted by Crippen LogP contribution is -2.23. The third kappa shape index (κ3) is 3.16. The summed E-state index contributed by atoms with van der Waals surface area (Å²) in [7, 11) is 0. The largest absolute Gasteiger partial charge is 0.453 e. The van der Waals surface area contributed by atoms with Crippen LogP contribution >= 0.6 is 11.3 Å². The zero-order chi connectivity index (χ0) is 16.6. The standard InChI is InChI=1S/C13H10F3N5OS/c1-7-3-2-4-8(5-7)10(22)17-6-9-20-21-11(13(14,15)16)18-19-12(21)23-9/h2-5H,6H2,1H3,(H,17,22). The molecule has 6 nitrogen and oxygen atoms in total. The van der Waals surface area contributed by atoms with Gasteiger partial charge in [-0.15, -0.1) is 10.2 Å². The molecule has 3 aromatic rings. The number of hydrogen-bond donors (Lipinski definition) is 1. The second kappa shape index (κ2) is 5.61. The highest BCUT2D eigenvalue weighted by Gasteiger charge is 2.38. The maximum absolute atomic E-state index is 12.7. The van der Waals surface area contributed by atoms with Crippen molar-refractivity contribution in [3.8, 4) is 0 Å². The van der Waals surface area contributed by atoms with E-state index in [-0.39, 0.29) is 17.4 Å². The van der Waals surface area contributed by atoms with Crippen molar-refractivity contribution in [2.75, 3.05) is 0 Å². The normalized spacial score (nSPS) is 11.8. The first kappa shape index (κ1) is 15.4. The molecule has 3 rings (SSSR count). The van der Waals surface area contributed by atoms with Gasteiger partial charge >= 0.3 is 6.18 Å². The molecule has 120 valence electrons. The Kier molecular flexibility index (Phi) is 3.76. The number of carbonyl (C=O) groups is 1. The fraction of sp³-hybridized carbons (Fsp3) is 0.231. The van der Waals surface area contributed by atoms with Gasteiger partial charge in [-0.1, -0.05) is 29.0 Å². The number of halogens is 3. The van der Waals surface area contributed by atoms with Gasteiger partial charge < -0.3 is 5.32 Å². The lowest BCUT2D eigenvalue weighted by molar-refractivity contribution is -0.146. The lowest BCUT2D eigenvalue weighted by Gasteiger charge is -2.03. The van der Waals surface area contributed by atoms with E-state index in [0.29, 0.717) is 15.1 Å². The van der Waals surface area contributed by atoms with Gasteiger partial charge in [0.05, 0.1) is 6.54 Å². The molecule has 0 fully saturated rings. The zero-order valence-corrected chi connectivity index (χ0v) is 12.6. The SMILES string of the molecule is Cc1cccc(C(=O)NCc2nn3c(C(F)(F)F)nnc3s2)c1. The van der Waals surface area contributed by atoms with Crippen LogP contribution < -0.4 is 5.32 Å². The molecule has 23 heavy (non-hydrogen) atoms. The number of alkyl halides is 3. The third-order valence-electron chi connectivity index (χ3n) is 2.97. The van der Waals surface area contributed by atoms with Gasteiger partial charge in [0, 0.05) is 5.56 Å². The molecule has 0 aliphatic carbocycles. The van der Waals surface area contributed by atoms with E-state index in [1.165, 1.54) is 0 Å². The predicted molar refractivity (Wildman–Crippen MR) is 76.0 cm³/mol. The number of amides is 1. The Balaban J connectivity index is 1.75. The highest BCUT2D eigenvalue weighted by atomic mass is 32.1. The topological polar surface area (TPSA) is 72.2 Å². The van der Waals surface area contributed by atoms with Crippen LogP contribution in [0.3, 0.4) is 0 Å². The Labute approximate surface area is 132 Å². The Morgan fingerprint density at radius 2 is 2.13 bits per heavy atom. The number of nitrogens with one attached hydrogen (secondary N) is 1. The minimum Gasteiger partial charge on any atom is -0.345 e. The first-order chi connectivity index (χ1) is 10.8. The van der Waals surface area contributed by atoms with Gasteiger partial charge in [0.1, 0.15) is 5.01 Å². The van der Waals surface area contributed by atoms with E-state index in [2.05, 4.69) is 20.6 Å². The molecule has 10 heteroatoms. The molecule has 0 saturated heterocycles. The Hall–Kier alpha value is -2.49. The molecule has 0 aliphatic heterocycles. The Morgan fingerprint density at radius 1 is 1.35 bits per heavy atom. The molecule has 2 heterocycles. The van der Waals surface area contributed by atoms with Crippen molar-refractivity contribution in [3.63, 3.8) is 0 Å². The molecule has 0 atom stereocenters. The maximum atomic E-state index is 12.7. The molecular weight excluding hydrogens is 331 g/mol. The van der Waals surface area contributed by atoms with Gasteiger partial charge in [-0.3, -0.25) is 4.79 Å². The van der Waals surface area contributed by atoms with E-state index in [0.717, 1.165) is 16.9 Å². The van der Waals surface area contributed by atoms with Crippen molar-refractivity contribution < 1.29 is 18.0 Å². The number of benzene rings is 1. The summed E-state index contributed by atoms with van der Waals surface area (Å²) in [6.07, 6.45) is -4.63. The van der Waals surface area contributed by atoms with Crippen LogP contribution in [0.4, 0.5) is 13.2 Å². The smallest absolute Gasteiger partial charge is 0.345 e. The minimum atomic E-state index is -4.63. The molecular formula is C13H10F3N5OS. The van der Waals surface area contributed by atoms with Crippen LogP contribution in [0.15, 0.2) is 24.3 Å². The van der Waals surface area contributed by atoms with Gasteiger partial charge in [0.25, 0.3) is 11.7 Å². The average Bonchev–Trinajstić information content (AvgIpc) is 3.03. The van der Waals surface area contributed by atoms with Crippen LogP contribution in [0.5, 0.6) is 0 Å². The van der Waals surface area contributed by atoms with Crippen molar-refractivity contribution >= 4 is 22.2 Å². The van der Waals surface area contributed by atoms with Crippen LogP contribution in [-0.4, -0.2) is 25.7 Å². The van der Waals surface area contributed by atoms with Crippen molar-refractivity contribution in [2.45, 2.75) is 19.6 Å². The summed E-state index contributed by atoms with van der Waals surface area (Å²) >= 11 is 0.938. The molecule has 1 N–H and O–H groups in total. The summed E-state index contributed by atoms with van der Waals surface area (Å²) in [5, 5.41) is 13.2. The molecule has 0 aliphatic rings. The number of nitrogens with zero attached hydrogens (tertiary/aromatic N) is 4. The average molecular weight is 341 g/mol. The fourth-order valence-electron chi connectivity index (χ4n) is 1.95. The quantitative estimate of drug-likeness (QED) is 0.794. The second-order valence-electron chi connectivity index (χ2n) is 4.76. The van der Waals surface area contributed by atoms with Gasteiger partial charge in [-0.25, -0.2) is 0 Å². The van der Waals surface area contributed by atoms with Crippen LogP contribution in [0.25, 0.3) is 4.96 Å². The number of aromatic nitrogens is 4. The first-order valence-electron chi connectivity index (χ1n) is 6.48. The summed E-state index contributed by atoms with van der Waals surface area (Å²) < 4.78 is 38.8. The highest BCUT2D eigenvalue weighted by molar-refractivity contribution is 7.16. The van der Waals surface area contributed by atoms with Crippen LogP contribution in [0, 0.1) is 6.92 Å². The molecule has 1 amide bonds. The lowest BCUT2D eigenvalue weighted by atomic mass is 10.1. The van der Waals surface area contributed by atoms with E-state index in [1.54, 1.807) is 18.2 Å². The predicted octanol–water partition coefficient (Wildman–Crippen LogP) is 2.44. The van der Waals surface area contributed by atoms with E-state index in [4.69, 9.17) is 0 Å². The van der Waals surface area contributed by atoms with Crippen molar-refractivity contribution in [3.05, 3.63) is 46.2 Å². The van der Waals surface area contributed by atoms with Crippen molar-refractivity contribution in [1.82, 2.24) is 25.1 Å². The molecule has 1 aromatic carbocycles. The summed E-state index contributed by atoms with van der Waals surface area (Å²) in [5.41, 5.74) is 1.41. The molecule has 0 radical (unpaired) electrons. The van der Waals surface area contributed by atoms with Crippen LogP contribution in [0.1, 0.15) is 26.8 Å². The fourth-order valence-corrected chi connectivity index (χ4v) is 2.72. The van der Waals surface area contributed by atoms with E-state index >= 15 is 0 Å². The number of carbonyl (C=O) groups excluding carboxylic acids is 1. The van der Waals surface area contributed by atoms with Crippen LogP contribution in [-0.2, 0) is 12.7 Å². The summed E-state index contributed by atoms with van der Waals surface area (Å²) in [6.45, 7) is 1.87. The van der Waals surface area contributed by atoms with Gasteiger partial charge in [0.15, 0.2) is 0 Å². The van der Waals surface area contributed by atoms with Crippen molar-refractivity contribution in [1.29, 1.82) is 0 Å². The second-order valence-corrected chi connectivity index (χ2v) is 5.80. The maximum Gasteiger partial charge on any atom is 0.453 e. The number of aryl methyl sites for hydroxylation is 1. The molecule has 0 bridgehead atoms. The van der Waals surface area contributed by atoms with Gasteiger partial charge in [0.2, 0.25) is 4.96 Å². The van der Waals surface area contributed by atoms with E-state index < -0.39 is 12.0 Å². The molecule has 0 unspecified atom stereocenters. The number of rotatable bonds is 3. The highest BCUT2D eigenvalue weighted by Crippen LogP contribution is 2.28. The third-order valence-corrected chi connectivity index (χ3v) is 3.87. The van der Waals surface area contributed by atoms with Gasteiger partial charge in [-0.05, 0) is 19.1 Å². The van der Waals surface area contributed by atoms with Gasteiger partial charge in [-0.2, -0.15) is 22.8 Å². The molecule has 2 aromatic heterocycles. The minimum absolute atomic E-state index is 0.0120. The zero-order valence-electron chi connectivity index (χ0n) is 11.8. The van der Waals surface area contributed by atoms with Crippen LogP contribution in [0.2, 0.25) is 0 Å². The first-order valence-corrected chi connectivity index (χ1v) is 7.29. The van der Waals surface area contributed by atoms with Crippen molar-refractivity contribution in [2.24, 2.45) is 0 Å². The monoisotopic (exact) mass is 341 g/mol. The summed E-state index contributed by atoms with van der Waals surface area (Å²) in [6, 6.07) is 6.99. The van der Waals surface area contributed by atoms with E-state index in [1.807, 2.05) is 13.0 Å². The van der Waals surface area contributed by atoms with E-state index in [9.17, 15) is 18.0 Å². The number of hydrogen-bond acceptors (Lipinski definition) is 5. The molecule has 0 spiro atoms. The number of fused-ring (bicyclic) bond motifs is 1. The Morgan fingerprint density at radius 3 is 2.83 bits per heavy atom. The summed E-state index contributed by atoms with van der Waals surface area (Å²) in [5.74, 6) is -1.50. The molecule has 0 saturated carbocycles.